The van der Waals surface area contributed by atoms with Crippen LogP contribution in [0.15, 0.2) is 17.0 Å². The summed E-state index contributed by atoms with van der Waals surface area (Å²) in [6.07, 6.45) is 3.34. The van der Waals surface area contributed by atoms with Crippen molar-refractivity contribution in [1.82, 2.24) is 4.72 Å². The topological polar surface area (TPSA) is 46.2 Å². The van der Waals surface area contributed by atoms with Crippen LogP contribution >= 0.6 is 0 Å². The van der Waals surface area contributed by atoms with Crippen LogP contribution in [0.25, 0.3) is 0 Å². The van der Waals surface area contributed by atoms with Crippen molar-refractivity contribution in [3.8, 4) is 0 Å². The Bertz CT molecular complexity index is 665. The number of benzene rings is 1. The lowest BCUT2D eigenvalue weighted by atomic mass is 9.89. The Kier molecular flexibility index (Phi) is 10.8. The summed E-state index contributed by atoms with van der Waals surface area (Å²) in [4.78, 5) is 13.5. The van der Waals surface area contributed by atoms with Crippen molar-refractivity contribution in [2.24, 2.45) is 5.92 Å². The van der Waals surface area contributed by atoms with Crippen molar-refractivity contribution in [3.63, 3.8) is 0 Å². The van der Waals surface area contributed by atoms with Crippen LogP contribution in [-0.4, -0.2) is 16.0 Å². The molecule has 3 nitrogen and oxygen atoms in total. The van der Waals surface area contributed by atoms with Gasteiger partial charge in [0.05, 0.1) is 4.90 Å². The predicted molar refractivity (Wildman–Crippen MR) is 126 cm³/mol. The summed E-state index contributed by atoms with van der Waals surface area (Å²) in [7, 11) is -1.34. The number of ketones is 1. The van der Waals surface area contributed by atoms with Crippen molar-refractivity contribution < 1.29 is 9.00 Å². The third-order valence-corrected chi connectivity index (χ3v) is 7.21. The number of rotatable bonds is 12. The fourth-order valence-corrected chi connectivity index (χ4v) is 5.42. The van der Waals surface area contributed by atoms with Crippen molar-refractivity contribution >= 4 is 16.8 Å². The monoisotopic (exact) mass is 421 g/mol. The smallest absolute Gasteiger partial charge is 0.137 e. The van der Waals surface area contributed by atoms with E-state index in [1.165, 1.54) is 5.56 Å². The molecular weight excluding hydrogens is 378 g/mol. The summed E-state index contributed by atoms with van der Waals surface area (Å²) < 4.78 is 16.9. The van der Waals surface area contributed by atoms with E-state index in [2.05, 4.69) is 72.2 Å². The van der Waals surface area contributed by atoms with Gasteiger partial charge in [0.25, 0.3) is 0 Å². The maximum Gasteiger partial charge on any atom is 0.137 e. The van der Waals surface area contributed by atoms with E-state index >= 15 is 0 Å². The standard InChI is InChI=1S/C25H43NO2S/c1-10-12-13-24(27)19(9)23(11-2)26-29(28)25-21(17(5)6)14-20(16(3)4)15-22(25)18(7)8/h14-19,23,26H,10-13H2,1-9H3/t19-,23+,29?/m1/s1. The molecule has 29 heavy (non-hydrogen) atoms. The SMILES string of the molecule is CCCCC(=O)[C@H](C)[C@H](CC)NS(=O)c1c(C(C)C)cc(C(C)C)cc1C(C)C. The van der Waals surface area contributed by atoms with Crippen molar-refractivity contribution in [3.05, 3.63) is 28.8 Å². The second kappa shape index (κ2) is 12.0. The van der Waals surface area contributed by atoms with Crippen LogP contribution in [0, 0.1) is 5.92 Å². The molecule has 0 aromatic heterocycles. The van der Waals surface area contributed by atoms with Crippen LogP contribution in [-0.2, 0) is 15.8 Å². The van der Waals surface area contributed by atoms with E-state index in [1.54, 1.807) is 0 Å². The van der Waals surface area contributed by atoms with Gasteiger partial charge in [-0.1, -0.05) is 80.9 Å². The minimum absolute atomic E-state index is 0.0787. The van der Waals surface area contributed by atoms with Gasteiger partial charge in [-0.15, -0.1) is 0 Å². The highest BCUT2D eigenvalue weighted by molar-refractivity contribution is 7.83. The average Bonchev–Trinajstić information content (AvgIpc) is 2.67. The molecule has 1 unspecified atom stereocenters. The Balaban J connectivity index is 3.30. The zero-order valence-corrected chi connectivity index (χ0v) is 20.9. The summed E-state index contributed by atoms with van der Waals surface area (Å²) >= 11 is 0. The highest BCUT2D eigenvalue weighted by Crippen LogP contribution is 2.34. The molecule has 0 fully saturated rings. The first-order valence-electron chi connectivity index (χ1n) is 11.4. The number of carbonyl (C=O) groups is 1. The molecule has 0 radical (unpaired) electrons. The predicted octanol–water partition coefficient (Wildman–Crippen LogP) is 6.84. The molecule has 0 amide bonds. The summed E-state index contributed by atoms with van der Waals surface area (Å²) in [5, 5.41) is 0. The summed E-state index contributed by atoms with van der Waals surface area (Å²) in [5.41, 5.74) is 3.62. The van der Waals surface area contributed by atoms with Crippen LogP contribution in [0.5, 0.6) is 0 Å². The van der Waals surface area contributed by atoms with Gasteiger partial charge in [-0.3, -0.25) is 4.79 Å². The number of Topliss-reactive ketones (excluding diaryl/α,β-unsaturated/α-hetero) is 1. The molecule has 0 aliphatic heterocycles. The fourth-order valence-electron chi connectivity index (χ4n) is 3.64. The van der Waals surface area contributed by atoms with Crippen LogP contribution in [0.1, 0.15) is 122 Å². The molecule has 1 aromatic rings. The maximum atomic E-state index is 13.6. The Morgan fingerprint density at radius 1 is 0.931 bits per heavy atom. The first-order chi connectivity index (χ1) is 13.5. The minimum atomic E-state index is -1.34. The molecule has 1 N–H and O–H groups in total. The molecule has 1 aromatic carbocycles. The van der Waals surface area contributed by atoms with Crippen LogP contribution in [0.3, 0.4) is 0 Å². The van der Waals surface area contributed by atoms with Gasteiger partial charge in [0.15, 0.2) is 0 Å². The van der Waals surface area contributed by atoms with Gasteiger partial charge in [0.2, 0.25) is 0 Å². The van der Waals surface area contributed by atoms with E-state index in [4.69, 9.17) is 0 Å². The van der Waals surface area contributed by atoms with Gasteiger partial charge in [0.1, 0.15) is 16.8 Å². The molecule has 0 bridgehead atoms. The van der Waals surface area contributed by atoms with Crippen LogP contribution < -0.4 is 4.72 Å². The van der Waals surface area contributed by atoms with Gasteiger partial charge in [-0.2, -0.15) is 0 Å². The van der Waals surface area contributed by atoms with Gasteiger partial charge in [0, 0.05) is 18.4 Å². The Hall–Kier alpha value is -1.00. The largest absolute Gasteiger partial charge is 0.299 e. The van der Waals surface area contributed by atoms with E-state index in [9.17, 15) is 9.00 Å². The maximum absolute atomic E-state index is 13.6. The number of unbranched alkanes of at least 4 members (excludes halogenated alkanes) is 1. The molecule has 3 atom stereocenters. The first kappa shape index (κ1) is 26.0. The lowest BCUT2D eigenvalue weighted by Crippen LogP contribution is -2.39. The van der Waals surface area contributed by atoms with Gasteiger partial charge < -0.3 is 0 Å². The number of nitrogens with one attached hydrogen (secondary N) is 1. The molecule has 0 aliphatic carbocycles. The van der Waals surface area contributed by atoms with Crippen molar-refractivity contribution in [2.75, 3.05) is 0 Å². The molecule has 0 saturated heterocycles. The molecule has 0 spiro atoms. The Morgan fingerprint density at radius 3 is 1.83 bits per heavy atom. The molecule has 166 valence electrons. The highest BCUT2D eigenvalue weighted by atomic mass is 32.2. The summed E-state index contributed by atoms with van der Waals surface area (Å²) in [6, 6.07) is 4.38. The third-order valence-electron chi connectivity index (χ3n) is 5.85. The molecule has 0 saturated carbocycles. The normalized spacial score (nSPS) is 15.2. The average molecular weight is 422 g/mol. The molecule has 1 rings (SSSR count). The fraction of sp³-hybridized carbons (Fsp3) is 0.720. The van der Waals surface area contributed by atoms with Crippen LogP contribution in [0.2, 0.25) is 0 Å². The van der Waals surface area contributed by atoms with E-state index in [-0.39, 0.29) is 29.6 Å². The number of carbonyl (C=O) groups excluding carboxylic acids is 1. The molecular formula is C25H43NO2S. The van der Waals surface area contributed by atoms with E-state index < -0.39 is 11.0 Å². The van der Waals surface area contributed by atoms with E-state index in [0.717, 1.165) is 35.3 Å². The van der Waals surface area contributed by atoms with Gasteiger partial charge >= 0.3 is 0 Å². The third kappa shape index (κ3) is 7.03. The second-order valence-corrected chi connectivity index (χ2v) is 10.4. The molecule has 4 heteroatoms. The number of hydrogen-bond acceptors (Lipinski definition) is 2. The molecule has 0 heterocycles. The molecule has 0 aliphatic rings. The zero-order chi connectivity index (χ0) is 22.3. The lowest BCUT2D eigenvalue weighted by molar-refractivity contribution is -0.123. The first-order valence-corrected chi connectivity index (χ1v) is 12.6. The lowest BCUT2D eigenvalue weighted by Gasteiger charge is -2.26. The van der Waals surface area contributed by atoms with Gasteiger partial charge in [-0.25, -0.2) is 8.93 Å². The van der Waals surface area contributed by atoms with Crippen molar-refractivity contribution in [2.45, 2.75) is 117 Å². The summed E-state index contributed by atoms with van der Waals surface area (Å²) in [6.45, 7) is 19.2. The highest BCUT2D eigenvalue weighted by Gasteiger charge is 2.27. The zero-order valence-electron chi connectivity index (χ0n) is 20.1. The quantitative estimate of drug-likeness (QED) is 0.401. The Labute approximate surface area is 182 Å². The Morgan fingerprint density at radius 2 is 1.45 bits per heavy atom. The summed E-state index contributed by atoms with van der Waals surface area (Å²) in [5.74, 6) is 1.15. The minimum Gasteiger partial charge on any atom is -0.299 e. The van der Waals surface area contributed by atoms with E-state index in [1.807, 2.05) is 6.92 Å². The van der Waals surface area contributed by atoms with E-state index in [0.29, 0.717) is 12.3 Å². The number of hydrogen-bond donors (Lipinski definition) is 1. The second-order valence-electron chi connectivity index (χ2n) is 9.25. The van der Waals surface area contributed by atoms with Crippen molar-refractivity contribution in [1.29, 1.82) is 0 Å². The van der Waals surface area contributed by atoms with Crippen LogP contribution in [0.4, 0.5) is 0 Å². The van der Waals surface area contributed by atoms with Gasteiger partial charge in [-0.05, 0) is 47.3 Å².